The molecule has 1 heterocycles. The van der Waals surface area contributed by atoms with Gasteiger partial charge in [0.15, 0.2) is 0 Å². The molecule has 0 unspecified atom stereocenters. The molecule has 1 aromatic heterocycles. The number of nitrogens with zero attached hydrogens (tertiary/aromatic N) is 2. The van der Waals surface area contributed by atoms with Gasteiger partial charge in [-0.3, -0.25) is 14.8 Å². The number of ether oxygens (including phenoxy) is 1. The molecule has 1 amide bonds. The summed E-state index contributed by atoms with van der Waals surface area (Å²) in [6, 6.07) is 14.4. The molecule has 0 radical (unpaired) electrons. The SMILES string of the molecule is COC(=O)c1ccccc1NS(=O)(=O)c1nnc(NC(=O)c2ccccc2)s1. The highest BCUT2D eigenvalue weighted by Crippen LogP contribution is 2.25. The molecule has 2 aromatic carbocycles. The largest absolute Gasteiger partial charge is 0.465 e. The van der Waals surface area contributed by atoms with Crippen molar-refractivity contribution in [2.75, 3.05) is 17.1 Å². The second kappa shape index (κ2) is 8.15. The van der Waals surface area contributed by atoms with Crippen molar-refractivity contribution >= 4 is 44.1 Å². The van der Waals surface area contributed by atoms with E-state index >= 15 is 0 Å². The third kappa shape index (κ3) is 4.32. The fourth-order valence-electron chi connectivity index (χ4n) is 2.18. The first kappa shape index (κ1) is 19.5. The third-order valence-electron chi connectivity index (χ3n) is 3.47. The summed E-state index contributed by atoms with van der Waals surface area (Å²) in [5, 5.41) is 9.82. The molecule has 0 atom stereocenters. The Bertz CT molecular complexity index is 1110. The van der Waals surface area contributed by atoms with E-state index in [4.69, 9.17) is 0 Å². The first-order valence-corrected chi connectivity index (χ1v) is 10.1. The molecule has 0 fully saturated rings. The Morgan fingerprint density at radius 1 is 1.00 bits per heavy atom. The van der Waals surface area contributed by atoms with Crippen LogP contribution in [0.25, 0.3) is 0 Å². The fraction of sp³-hybridized carbons (Fsp3) is 0.0588. The monoisotopic (exact) mass is 418 g/mol. The number of nitrogens with one attached hydrogen (secondary N) is 2. The van der Waals surface area contributed by atoms with Crippen molar-refractivity contribution in [2.45, 2.75) is 4.34 Å². The summed E-state index contributed by atoms with van der Waals surface area (Å²) in [6.07, 6.45) is 0. The van der Waals surface area contributed by atoms with Gasteiger partial charge in [-0.15, -0.1) is 10.2 Å². The Hall–Kier alpha value is -3.31. The van der Waals surface area contributed by atoms with Gasteiger partial charge in [-0.2, -0.15) is 8.42 Å². The molecule has 11 heteroatoms. The van der Waals surface area contributed by atoms with Gasteiger partial charge in [0, 0.05) is 5.56 Å². The third-order valence-corrected chi connectivity index (χ3v) is 6.04. The molecule has 9 nitrogen and oxygen atoms in total. The molecule has 3 rings (SSSR count). The van der Waals surface area contributed by atoms with E-state index in [1.54, 1.807) is 42.5 Å². The van der Waals surface area contributed by atoms with Gasteiger partial charge in [-0.05, 0) is 24.3 Å². The highest BCUT2D eigenvalue weighted by Gasteiger charge is 2.23. The molecular formula is C17H14N4O5S2. The minimum Gasteiger partial charge on any atom is -0.465 e. The van der Waals surface area contributed by atoms with Gasteiger partial charge < -0.3 is 4.74 Å². The van der Waals surface area contributed by atoms with Gasteiger partial charge in [-0.25, -0.2) is 4.79 Å². The molecule has 0 saturated carbocycles. The zero-order valence-electron chi connectivity index (χ0n) is 14.4. The molecule has 0 aliphatic heterocycles. The number of methoxy groups -OCH3 is 1. The summed E-state index contributed by atoms with van der Waals surface area (Å²) >= 11 is 0.681. The predicted octanol–water partition coefficient (Wildman–Crippen LogP) is 2.38. The first-order valence-electron chi connectivity index (χ1n) is 7.81. The second-order valence-electron chi connectivity index (χ2n) is 5.34. The number of amides is 1. The van der Waals surface area contributed by atoms with E-state index in [1.165, 1.54) is 19.2 Å². The van der Waals surface area contributed by atoms with Crippen molar-refractivity contribution in [3.8, 4) is 0 Å². The average Bonchev–Trinajstić information content (AvgIpc) is 3.18. The van der Waals surface area contributed by atoms with Crippen molar-refractivity contribution in [2.24, 2.45) is 0 Å². The zero-order chi connectivity index (χ0) is 20.1. The second-order valence-corrected chi connectivity index (χ2v) is 8.17. The molecular weight excluding hydrogens is 404 g/mol. The quantitative estimate of drug-likeness (QED) is 0.465. The maximum absolute atomic E-state index is 12.6. The lowest BCUT2D eigenvalue weighted by Crippen LogP contribution is -2.16. The highest BCUT2D eigenvalue weighted by atomic mass is 32.2. The Morgan fingerprint density at radius 3 is 2.39 bits per heavy atom. The number of para-hydroxylation sites is 1. The van der Waals surface area contributed by atoms with E-state index in [9.17, 15) is 18.0 Å². The summed E-state index contributed by atoms with van der Waals surface area (Å²) in [4.78, 5) is 23.9. The highest BCUT2D eigenvalue weighted by molar-refractivity contribution is 7.94. The van der Waals surface area contributed by atoms with Crippen LogP contribution in [0.5, 0.6) is 0 Å². The molecule has 28 heavy (non-hydrogen) atoms. The number of sulfonamides is 1. The van der Waals surface area contributed by atoms with Crippen LogP contribution in [0.2, 0.25) is 0 Å². The predicted molar refractivity (Wildman–Crippen MR) is 103 cm³/mol. The number of hydrogen-bond acceptors (Lipinski definition) is 8. The summed E-state index contributed by atoms with van der Waals surface area (Å²) in [5.41, 5.74) is 0.488. The van der Waals surface area contributed by atoms with Crippen LogP contribution in [0.1, 0.15) is 20.7 Å². The molecule has 2 N–H and O–H groups in total. The standard InChI is InChI=1S/C17H14N4O5S2/c1-26-15(23)12-9-5-6-10-13(12)21-28(24,25)17-20-19-16(27-17)18-14(22)11-7-3-2-4-8-11/h2-10,21H,1H3,(H,18,19,22). The number of carbonyl (C=O) groups excluding carboxylic acids is 2. The average molecular weight is 418 g/mol. The number of rotatable bonds is 6. The fourth-order valence-corrected chi connectivity index (χ4v) is 4.15. The zero-order valence-corrected chi connectivity index (χ0v) is 16.1. The molecule has 0 aliphatic carbocycles. The summed E-state index contributed by atoms with van der Waals surface area (Å²) in [6.45, 7) is 0. The van der Waals surface area contributed by atoms with Gasteiger partial charge in [0.05, 0.1) is 18.4 Å². The van der Waals surface area contributed by atoms with Crippen LogP contribution in [0.15, 0.2) is 58.9 Å². The van der Waals surface area contributed by atoms with Crippen LogP contribution < -0.4 is 10.0 Å². The van der Waals surface area contributed by atoms with Crippen LogP contribution in [0.4, 0.5) is 10.8 Å². The topological polar surface area (TPSA) is 127 Å². The van der Waals surface area contributed by atoms with Gasteiger partial charge in [0.25, 0.3) is 20.3 Å². The van der Waals surface area contributed by atoms with Crippen LogP contribution >= 0.6 is 11.3 Å². The van der Waals surface area contributed by atoms with E-state index in [2.05, 4.69) is 25.0 Å². The Morgan fingerprint density at radius 2 is 1.68 bits per heavy atom. The number of esters is 1. The lowest BCUT2D eigenvalue weighted by atomic mass is 10.2. The number of hydrogen-bond donors (Lipinski definition) is 2. The van der Waals surface area contributed by atoms with E-state index < -0.39 is 21.9 Å². The maximum atomic E-state index is 12.6. The van der Waals surface area contributed by atoms with E-state index in [-0.39, 0.29) is 20.7 Å². The van der Waals surface area contributed by atoms with Crippen LogP contribution in [-0.4, -0.2) is 37.6 Å². The van der Waals surface area contributed by atoms with Crippen LogP contribution in [-0.2, 0) is 14.8 Å². The van der Waals surface area contributed by atoms with Gasteiger partial charge in [0.1, 0.15) is 0 Å². The number of carbonyl (C=O) groups is 2. The first-order chi connectivity index (χ1) is 13.4. The molecule has 0 bridgehead atoms. The van der Waals surface area contributed by atoms with Gasteiger partial charge in [-0.1, -0.05) is 41.7 Å². The summed E-state index contributed by atoms with van der Waals surface area (Å²) < 4.78 is 31.7. The van der Waals surface area contributed by atoms with Crippen molar-refractivity contribution in [3.63, 3.8) is 0 Å². The summed E-state index contributed by atoms with van der Waals surface area (Å²) in [5.74, 6) is -1.13. The number of anilines is 2. The van der Waals surface area contributed by atoms with E-state index in [1.807, 2.05) is 0 Å². The smallest absolute Gasteiger partial charge is 0.339 e. The normalized spacial score (nSPS) is 10.9. The minimum absolute atomic E-state index is 0.0236. The molecule has 0 saturated heterocycles. The van der Waals surface area contributed by atoms with Crippen LogP contribution in [0, 0.1) is 0 Å². The molecule has 144 valence electrons. The lowest BCUT2D eigenvalue weighted by Gasteiger charge is -2.09. The van der Waals surface area contributed by atoms with Gasteiger partial charge >= 0.3 is 5.97 Å². The number of aromatic nitrogens is 2. The molecule has 3 aromatic rings. The Kier molecular flexibility index (Phi) is 5.66. The molecule has 0 spiro atoms. The van der Waals surface area contributed by atoms with Crippen LogP contribution in [0.3, 0.4) is 0 Å². The van der Waals surface area contributed by atoms with Crippen molar-refractivity contribution < 1.29 is 22.7 Å². The van der Waals surface area contributed by atoms with E-state index in [0.717, 1.165) is 0 Å². The van der Waals surface area contributed by atoms with Crippen molar-refractivity contribution in [1.29, 1.82) is 0 Å². The maximum Gasteiger partial charge on any atom is 0.339 e. The van der Waals surface area contributed by atoms with E-state index in [0.29, 0.717) is 16.9 Å². The number of benzene rings is 2. The van der Waals surface area contributed by atoms with Crippen molar-refractivity contribution in [1.82, 2.24) is 10.2 Å². The Labute approximate surface area is 164 Å². The van der Waals surface area contributed by atoms with Gasteiger partial charge in [0.2, 0.25) is 5.13 Å². The summed E-state index contributed by atoms with van der Waals surface area (Å²) in [7, 11) is -2.93. The minimum atomic E-state index is -4.12. The Balaban J connectivity index is 1.79. The lowest BCUT2D eigenvalue weighted by molar-refractivity contribution is 0.0602. The molecule has 0 aliphatic rings. The van der Waals surface area contributed by atoms with Crippen molar-refractivity contribution in [3.05, 3.63) is 65.7 Å².